The Balaban J connectivity index is 4.11. The van der Waals surface area contributed by atoms with Crippen LogP contribution in [0, 0.1) is 0 Å². The first-order valence-electron chi connectivity index (χ1n) is 6.21. The summed E-state index contributed by atoms with van der Waals surface area (Å²) in [6, 6.07) is -0.475. The van der Waals surface area contributed by atoms with Gasteiger partial charge < -0.3 is 15.4 Å². The lowest BCUT2D eigenvalue weighted by molar-refractivity contribution is -0.143. The topological polar surface area (TPSA) is 84.5 Å². The summed E-state index contributed by atoms with van der Waals surface area (Å²) in [4.78, 5) is 32.6. The second-order valence-electron chi connectivity index (χ2n) is 4.23. The fraction of sp³-hybridized carbons (Fsp3) is 0.615. The van der Waals surface area contributed by atoms with Crippen LogP contribution in [0.25, 0.3) is 0 Å². The monoisotopic (exact) mass is 270 g/mol. The number of carbonyl (C=O) groups is 3. The summed E-state index contributed by atoms with van der Waals surface area (Å²) in [6.45, 7) is 3.70. The van der Waals surface area contributed by atoms with Crippen molar-refractivity contribution in [2.24, 2.45) is 0 Å². The van der Waals surface area contributed by atoms with Gasteiger partial charge in [-0.3, -0.25) is 9.59 Å². The van der Waals surface area contributed by atoms with Crippen molar-refractivity contribution in [2.75, 3.05) is 13.7 Å². The molecule has 2 N–H and O–H groups in total. The fourth-order valence-corrected chi connectivity index (χ4v) is 1.42. The van der Waals surface area contributed by atoms with Crippen LogP contribution in [0.2, 0.25) is 0 Å². The zero-order valence-electron chi connectivity index (χ0n) is 11.7. The van der Waals surface area contributed by atoms with Crippen molar-refractivity contribution in [2.45, 2.75) is 39.2 Å². The number of esters is 1. The lowest BCUT2D eigenvalue weighted by Gasteiger charge is -2.15. The molecule has 0 rings (SSSR count). The summed E-state index contributed by atoms with van der Waals surface area (Å²) in [7, 11) is 1.32. The summed E-state index contributed by atoms with van der Waals surface area (Å²) in [5.74, 6) is -0.429. The number of hydrogen-bond donors (Lipinski definition) is 2. The first kappa shape index (κ1) is 17.2. The maximum atomic E-state index is 11.5. The zero-order chi connectivity index (χ0) is 14.7. The van der Waals surface area contributed by atoms with Crippen LogP contribution in [0.5, 0.6) is 0 Å². The molecule has 0 aromatic heterocycles. The van der Waals surface area contributed by atoms with Crippen LogP contribution < -0.4 is 10.6 Å². The molecular formula is C13H22N2O4. The third-order valence-electron chi connectivity index (χ3n) is 2.48. The summed E-state index contributed by atoms with van der Waals surface area (Å²) in [5.41, 5.74) is 0.507. The van der Waals surface area contributed by atoms with Crippen LogP contribution in [-0.4, -0.2) is 37.9 Å². The highest BCUT2D eigenvalue weighted by atomic mass is 16.5. The Hall–Kier alpha value is -1.85. The van der Waals surface area contributed by atoms with Crippen LogP contribution in [0.15, 0.2) is 11.8 Å². The Morgan fingerprint density at radius 1 is 1.26 bits per heavy atom. The first-order chi connectivity index (χ1) is 9.01. The Bertz CT molecular complexity index is 340. The molecule has 0 aromatic carbocycles. The van der Waals surface area contributed by atoms with Gasteiger partial charge in [0.1, 0.15) is 12.3 Å². The van der Waals surface area contributed by atoms with Crippen molar-refractivity contribution in [1.29, 1.82) is 0 Å². The fourth-order valence-electron chi connectivity index (χ4n) is 1.42. The van der Waals surface area contributed by atoms with Crippen LogP contribution in [0.3, 0.4) is 0 Å². The average molecular weight is 270 g/mol. The molecule has 1 amide bonds. The number of aldehydes is 1. The Morgan fingerprint density at radius 2 is 1.95 bits per heavy atom. The van der Waals surface area contributed by atoms with E-state index >= 15 is 0 Å². The molecule has 19 heavy (non-hydrogen) atoms. The molecule has 1 atom stereocenters. The normalized spacial score (nSPS) is 12.5. The van der Waals surface area contributed by atoms with Gasteiger partial charge >= 0.3 is 5.97 Å². The van der Waals surface area contributed by atoms with Gasteiger partial charge in [0.15, 0.2) is 0 Å². The molecule has 0 aliphatic carbocycles. The molecule has 0 aliphatic rings. The average Bonchev–Trinajstić information content (AvgIpc) is 2.40. The van der Waals surface area contributed by atoms with Gasteiger partial charge in [-0.15, -0.1) is 0 Å². The molecule has 0 spiro atoms. The molecule has 0 fully saturated rings. The van der Waals surface area contributed by atoms with Crippen molar-refractivity contribution in [3.8, 4) is 0 Å². The summed E-state index contributed by atoms with van der Waals surface area (Å²) in [6.07, 6.45) is 4.33. The molecule has 0 heterocycles. The Morgan fingerprint density at radius 3 is 2.47 bits per heavy atom. The second-order valence-corrected chi connectivity index (χ2v) is 4.23. The molecule has 0 bridgehead atoms. The molecular weight excluding hydrogens is 248 g/mol. The molecule has 6 heteroatoms. The predicted octanol–water partition coefficient (Wildman–Crippen LogP) is 0.527. The van der Waals surface area contributed by atoms with E-state index in [1.807, 2.05) is 0 Å². The Labute approximate surface area is 113 Å². The van der Waals surface area contributed by atoms with E-state index < -0.39 is 6.04 Å². The van der Waals surface area contributed by atoms with Crippen LogP contribution in [0.4, 0.5) is 0 Å². The Kier molecular flexibility index (Phi) is 9.12. The molecule has 0 saturated heterocycles. The standard InChI is InChI=1S/C13H22N2O4/c1-10(9-16)8-15-12(13(18)19-3)6-4-5-7-14-11(2)17/h8-9,12,15H,4-7H2,1-3H3,(H,14,17)/b10-8+. The van der Waals surface area contributed by atoms with Crippen molar-refractivity contribution in [1.82, 2.24) is 10.6 Å². The van der Waals surface area contributed by atoms with Crippen molar-refractivity contribution < 1.29 is 19.1 Å². The minimum Gasteiger partial charge on any atom is -0.467 e. The number of allylic oxidation sites excluding steroid dienone is 1. The molecule has 1 unspecified atom stereocenters. The van der Waals surface area contributed by atoms with Gasteiger partial charge in [0.2, 0.25) is 5.91 Å². The summed E-state index contributed by atoms with van der Waals surface area (Å²) < 4.78 is 4.68. The first-order valence-corrected chi connectivity index (χ1v) is 6.21. The number of nitrogens with one attached hydrogen (secondary N) is 2. The highest BCUT2D eigenvalue weighted by Gasteiger charge is 2.16. The number of carbonyl (C=O) groups excluding carboxylic acids is 3. The van der Waals surface area contributed by atoms with E-state index in [1.165, 1.54) is 20.2 Å². The second kappa shape index (κ2) is 10.1. The van der Waals surface area contributed by atoms with Crippen molar-refractivity contribution in [3.63, 3.8) is 0 Å². The lowest BCUT2D eigenvalue weighted by Crippen LogP contribution is -2.34. The summed E-state index contributed by atoms with van der Waals surface area (Å²) >= 11 is 0. The number of unbranched alkanes of at least 4 members (excludes halogenated alkanes) is 1. The minimum absolute atomic E-state index is 0.0628. The molecule has 0 aliphatic heterocycles. The number of methoxy groups -OCH3 is 1. The summed E-state index contributed by atoms with van der Waals surface area (Å²) in [5, 5.41) is 5.55. The van der Waals surface area contributed by atoms with E-state index in [4.69, 9.17) is 0 Å². The van der Waals surface area contributed by atoms with E-state index in [9.17, 15) is 14.4 Å². The quantitative estimate of drug-likeness (QED) is 0.276. The van der Waals surface area contributed by atoms with Crippen LogP contribution in [-0.2, 0) is 19.1 Å². The largest absolute Gasteiger partial charge is 0.467 e. The number of hydrogen-bond acceptors (Lipinski definition) is 5. The number of ether oxygens (including phenoxy) is 1. The third-order valence-corrected chi connectivity index (χ3v) is 2.48. The molecule has 108 valence electrons. The maximum Gasteiger partial charge on any atom is 0.328 e. The minimum atomic E-state index is -0.475. The van der Waals surface area contributed by atoms with E-state index in [0.717, 1.165) is 12.8 Å². The highest BCUT2D eigenvalue weighted by Crippen LogP contribution is 2.03. The van der Waals surface area contributed by atoms with Crippen molar-refractivity contribution >= 4 is 18.2 Å². The van der Waals surface area contributed by atoms with Crippen molar-refractivity contribution in [3.05, 3.63) is 11.8 Å². The van der Waals surface area contributed by atoms with Crippen LogP contribution >= 0.6 is 0 Å². The van der Waals surface area contributed by atoms with Gasteiger partial charge in [-0.05, 0) is 26.2 Å². The van der Waals surface area contributed by atoms with Gasteiger partial charge in [0.05, 0.1) is 7.11 Å². The highest BCUT2D eigenvalue weighted by molar-refractivity contribution is 5.76. The number of rotatable bonds is 9. The van der Waals surface area contributed by atoms with E-state index in [2.05, 4.69) is 15.4 Å². The van der Waals surface area contributed by atoms with Gasteiger partial charge in [-0.25, -0.2) is 4.79 Å². The smallest absolute Gasteiger partial charge is 0.328 e. The van der Waals surface area contributed by atoms with E-state index in [-0.39, 0.29) is 11.9 Å². The zero-order valence-corrected chi connectivity index (χ0v) is 11.7. The predicted molar refractivity (Wildman–Crippen MR) is 71.3 cm³/mol. The van der Waals surface area contributed by atoms with E-state index in [1.54, 1.807) is 6.92 Å². The van der Waals surface area contributed by atoms with Gasteiger partial charge in [0, 0.05) is 25.2 Å². The van der Waals surface area contributed by atoms with Gasteiger partial charge in [-0.1, -0.05) is 0 Å². The SMILES string of the molecule is COC(=O)C(CCCCNC(C)=O)N/C=C(\C)C=O. The molecule has 0 aromatic rings. The third kappa shape index (κ3) is 8.82. The van der Waals surface area contributed by atoms with Crippen LogP contribution in [0.1, 0.15) is 33.1 Å². The van der Waals surface area contributed by atoms with Gasteiger partial charge in [-0.2, -0.15) is 0 Å². The van der Waals surface area contributed by atoms with Gasteiger partial charge in [0.25, 0.3) is 0 Å². The maximum absolute atomic E-state index is 11.5. The van der Waals surface area contributed by atoms with E-state index in [0.29, 0.717) is 24.8 Å². The molecule has 6 nitrogen and oxygen atoms in total. The lowest BCUT2D eigenvalue weighted by atomic mass is 10.1. The molecule has 0 radical (unpaired) electrons. The molecule has 0 saturated carbocycles. The number of amides is 1.